The third-order valence-corrected chi connectivity index (χ3v) is 3.57. The maximum absolute atomic E-state index is 8.79. The molecule has 0 radical (unpaired) electrons. The summed E-state index contributed by atoms with van der Waals surface area (Å²) in [5.41, 5.74) is 5.50. The molecule has 1 rings (SSSR count). The molecule has 1 atom stereocenters. The Labute approximate surface area is 72.1 Å². The lowest BCUT2D eigenvalue weighted by atomic mass is 9.81. The van der Waals surface area contributed by atoms with Gasteiger partial charge in [-0.15, -0.1) is 0 Å². The maximum Gasteiger partial charge on any atom is 0.113 e. The minimum Gasteiger partial charge on any atom is -0.313 e. The van der Waals surface area contributed by atoms with Gasteiger partial charge in [0.15, 0.2) is 0 Å². The van der Waals surface area contributed by atoms with Crippen LogP contribution in [0.15, 0.2) is 0 Å². The second-order valence-electron chi connectivity index (χ2n) is 4.10. The smallest absolute Gasteiger partial charge is 0.113 e. The van der Waals surface area contributed by atoms with Crippen molar-refractivity contribution in [3.8, 4) is 6.07 Å². The molecule has 2 N–H and O–H groups in total. The van der Waals surface area contributed by atoms with E-state index in [0.717, 1.165) is 17.9 Å². The highest BCUT2D eigenvalue weighted by molar-refractivity contribution is 7.99. The van der Waals surface area contributed by atoms with Crippen molar-refractivity contribution in [2.45, 2.75) is 25.8 Å². The molecule has 1 heterocycles. The first-order valence-electron chi connectivity index (χ1n) is 3.75. The largest absolute Gasteiger partial charge is 0.313 e. The molecule has 1 aliphatic rings. The summed E-state index contributed by atoms with van der Waals surface area (Å²) in [6, 6.07) is 2.19. The van der Waals surface area contributed by atoms with Crippen molar-refractivity contribution in [1.29, 1.82) is 5.26 Å². The topological polar surface area (TPSA) is 49.8 Å². The minimum atomic E-state index is -0.577. The molecule has 11 heavy (non-hydrogen) atoms. The van der Waals surface area contributed by atoms with Gasteiger partial charge in [0.05, 0.1) is 6.07 Å². The number of thioether (sulfide) groups is 1. The van der Waals surface area contributed by atoms with E-state index in [4.69, 9.17) is 11.0 Å². The summed E-state index contributed by atoms with van der Waals surface area (Å²) >= 11 is 1.79. The summed E-state index contributed by atoms with van der Waals surface area (Å²) in [4.78, 5) is 0. The van der Waals surface area contributed by atoms with Crippen LogP contribution < -0.4 is 5.73 Å². The Morgan fingerprint density at radius 2 is 2.09 bits per heavy atom. The lowest BCUT2D eigenvalue weighted by Gasteiger charge is -2.37. The van der Waals surface area contributed by atoms with Crippen LogP contribution in [0.25, 0.3) is 0 Å². The van der Waals surface area contributed by atoms with Crippen molar-refractivity contribution in [3.05, 3.63) is 0 Å². The highest BCUT2D eigenvalue weighted by Crippen LogP contribution is 2.37. The van der Waals surface area contributed by atoms with E-state index in [9.17, 15) is 0 Å². The zero-order valence-corrected chi connectivity index (χ0v) is 7.87. The van der Waals surface area contributed by atoms with Gasteiger partial charge in [-0.25, -0.2) is 0 Å². The molecule has 1 unspecified atom stereocenters. The third kappa shape index (κ3) is 2.11. The van der Waals surface area contributed by atoms with E-state index in [-0.39, 0.29) is 5.41 Å². The van der Waals surface area contributed by atoms with E-state index < -0.39 is 5.54 Å². The molecule has 0 aromatic carbocycles. The molecule has 0 aromatic rings. The monoisotopic (exact) mass is 170 g/mol. The second-order valence-corrected chi connectivity index (χ2v) is 5.09. The SMILES string of the molecule is CC1(C)CSCC(N)(C#N)C1. The average Bonchev–Trinajstić information content (AvgIpc) is 1.85. The van der Waals surface area contributed by atoms with Gasteiger partial charge in [-0.1, -0.05) is 13.8 Å². The van der Waals surface area contributed by atoms with Gasteiger partial charge in [0, 0.05) is 5.75 Å². The summed E-state index contributed by atoms with van der Waals surface area (Å²) in [7, 11) is 0. The number of rotatable bonds is 0. The van der Waals surface area contributed by atoms with Gasteiger partial charge in [-0.3, -0.25) is 0 Å². The van der Waals surface area contributed by atoms with Gasteiger partial charge in [0.2, 0.25) is 0 Å². The second kappa shape index (κ2) is 2.69. The van der Waals surface area contributed by atoms with Gasteiger partial charge in [0.25, 0.3) is 0 Å². The van der Waals surface area contributed by atoms with Crippen molar-refractivity contribution in [2.24, 2.45) is 11.1 Å². The van der Waals surface area contributed by atoms with E-state index in [2.05, 4.69) is 19.9 Å². The molecule has 1 saturated heterocycles. The first-order valence-corrected chi connectivity index (χ1v) is 4.91. The molecule has 3 heteroatoms. The fourth-order valence-electron chi connectivity index (χ4n) is 1.54. The Morgan fingerprint density at radius 1 is 1.45 bits per heavy atom. The van der Waals surface area contributed by atoms with Crippen LogP contribution in [0.2, 0.25) is 0 Å². The van der Waals surface area contributed by atoms with Gasteiger partial charge in [0.1, 0.15) is 5.54 Å². The zero-order chi connectivity index (χ0) is 8.54. The van der Waals surface area contributed by atoms with E-state index in [1.165, 1.54) is 0 Å². The van der Waals surface area contributed by atoms with E-state index in [0.29, 0.717) is 0 Å². The summed E-state index contributed by atoms with van der Waals surface area (Å²) in [5, 5.41) is 8.79. The fourth-order valence-corrected chi connectivity index (χ4v) is 2.82. The van der Waals surface area contributed by atoms with Gasteiger partial charge in [-0.2, -0.15) is 17.0 Å². The summed E-state index contributed by atoms with van der Waals surface area (Å²) in [6.07, 6.45) is 0.823. The van der Waals surface area contributed by atoms with Gasteiger partial charge >= 0.3 is 0 Å². The molecule has 1 fully saturated rings. The van der Waals surface area contributed by atoms with Crippen LogP contribution >= 0.6 is 11.8 Å². The van der Waals surface area contributed by atoms with Crippen LogP contribution in [0.5, 0.6) is 0 Å². The van der Waals surface area contributed by atoms with Crippen molar-refractivity contribution in [3.63, 3.8) is 0 Å². The molecule has 1 aliphatic heterocycles. The molecule has 0 saturated carbocycles. The quantitative estimate of drug-likeness (QED) is 0.597. The van der Waals surface area contributed by atoms with Crippen LogP contribution in [0.4, 0.5) is 0 Å². The lowest BCUT2D eigenvalue weighted by molar-refractivity contribution is 0.310. The molecule has 0 bridgehead atoms. The van der Waals surface area contributed by atoms with E-state index in [1.54, 1.807) is 11.8 Å². The fraction of sp³-hybridized carbons (Fsp3) is 0.875. The summed E-state index contributed by atoms with van der Waals surface area (Å²) in [6.45, 7) is 4.33. The normalized spacial score (nSPS) is 36.2. The molecular formula is C8H14N2S. The molecule has 62 valence electrons. The Hall–Kier alpha value is -0.200. The summed E-state index contributed by atoms with van der Waals surface area (Å²) < 4.78 is 0. The van der Waals surface area contributed by atoms with Crippen molar-refractivity contribution < 1.29 is 0 Å². The zero-order valence-electron chi connectivity index (χ0n) is 7.05. The first kappa shape index (κ1) is 8.89. The summed E-state index contributed by atoms with van der Waals surface area (Å²) in [5.74, 6) is 1.90. The van der Waals surface area contributed by atoms with Crippen LogP contribution in [0, 0.1) is 16.7 Å². The molecule has 0 aliphatic carbocycles. The van der Waals surface area contributed by atoms with Crippen LogP contribution in [0.3, 0.4) is 0 Å². The third-order valence-electron chi connectivity index (χ3n) is 1.87. The van der Waals surface area contributed by atoms with Gasteiger partial charge in [-0.05, 0) is 17.6 Å². The first-order chi connectivity index (χ1) is 4.97. The lowest BCUT2D eigenvalue weighted by Crippen LogP contribution is -2.48. The van der Waals surface area contributed by atoms with Crippen LogP contribution in [0.1, 0.15) is 20.3 Å². The number of nitrogens with two attached hydrogens (primary N) is 1. The Kier molecular flexibility index (Phi) is 2.17. The number of nitriles is 1. The molecule has 0 spiro atoms. The van der Waals surface area contributed by atoms with E-state index in [1.807, 2.05) is 0 Å². The van der Waals surface area contributed by atoms with E-state index >= 15 is 0 Å². The highest BCUT2D eigenvalue weighted by atomic mass is 32.2. The molecule has 0 amide bonds. The predicted octanol–water partition coefficient (Wildman–Crippen LogP) is 1.37. The number of nitrogens with zero attached hydrogens (tertiary/aromatic N) is 1. The number of hydrogen-bond acceptors (Lipinski definition) is 3. The van der Waals surface area contributed by atoms with Crippen LogP contribution in [-0.4, -0.2) is 17.0 Å². The Balaban J connectivity index is 2.69. The minimum absolute atomic E-state index is 0.230. The average molecular weight is 170 g/mol. The molecule has 0 aromatic heterocycles. The Bertz CT molecular complexity index is 195. The van der Waals surface area contributed by atoms with Crippen LogP contribution in [-0.2, 0) is 0 Å². The standard InChI is InChI=1S/C8H14N2S/c1-7(2)3-8(10,4-9)6-11-5-7/h3,5-6,10H2,1-2H3. The Morgan fingerprint density at radius 3 is 2.45 bits per heavy atom. The molecular weight excluding hydrogens is 156 g/mol. The van der Waals surface area contributed by atoms with Gasteiger partial charge < -0.3 is 5.73 Å². The maximum atomic E-state index is 8.79. The van der Waals surface area contributed by atoms with Crippen molar-refractivity contribution >= 4 is 11.8 Å². The number of hydrogen-bond donors (Lipinski definition) is 1. The molecule has 2 nitrogen and oxygen atoms in total. The highest BCUT2D eigenvalue weighted by Gasteiger charge is 2.37. The predicted molar refractivity (Wildman–Crippen MR) is 48.3 cm³/mol. The van der Waals surface area contributed by atoms with Crippen molar-refractivity contribution in [1.82, 2.24) is 0 Å². The van der Waals surface area contributed by atoms with Crippen molar-refractivity contribution in [2.75, 3.05) is 11.5 Å².